The third-order valence-electron chi connectivity index (χ3n) is 6.06. The van der Waals surface area contributed by atoms with E-state index in [0.717, 1.165) is 30.8 Å². The summed E-state index contributed by atoms with van der Waals surface area (Å²) in [4.78, 5) is 28.5. The molecule has 33 heavy (non-hydrogen) atoms. The van der Waals surface area contributed by atoms with Crippen molar-refractivity contribution in [3.8, 4) is 5.75 Å². The van der Waals surface area contributed by atoms with Gasteiger partial charge in [0.15, 0.2) is 0 Å². The molecule has 0 aromatic heterocycles. The van der Waals surface area contributed by atoms with E-state index in [0.29, 0.717) is 30.9 Å². The van der Waals surface area contributed by atoms with Crippen molar-refractivity contribution in [1.82, 2.24) is 5.32 Å². The Bertz CT molecular complexity index is 1020. The summed E-state index contributed by atoms with van der Waals surface area (Å²) in [6.07, 6.45) is 1.31. The summed E-state index contributed by atoms with van der Waals surface area (Å²) in [6.45, 7) is 2.63. The van der Waals surface area contributed by atoms with Gasteiger partial charge in [0.25, 0.3) is 0 Å². The Hall–Kier alpha value is -2.01. The molecule has 0 aliphatic carbocycles. The van der Waals surface area contributed by atoms with Gasteiger partial charge < -0.3 is 15.2 Å². The van der Waals surface area contributed by atoms with Crippen LogP contribution in [-0.2, 0) is 11.2 Å². The highest BCUT2D eigenvalue weighted by Gasteiger charge is 2.33. The Labute approximate surface area is 209 Å². The van der Waals surface area contributed by atoms with Gasteiger partial charge in [0.05, 0.1) is 5.92 Å². The number of hydrogen-bond donors (Lipinski definition) is 5. The highest BCUT2D eigenvalue weighted by atomic mass is 32.2. The van der Waals surface area contributed by atoms with Gasteiger partial charge in [-0.2, -0.15) is 0 Å². The largest absolute Gasteiger partial charge is 0.481 e. The highest BCUT2D eigenvalue weighted by Crippen LogP contribution is 2.33. The number of ether oxygens (including phenoxy) is 1. The van der Waals surface area contributed by atoms with Gasteiger partial charge in [-0.15, -0.1) is 37.9 Å². The molecule has 0 unspecified atom stereocenters. The number of urea groups is 1. The fourth-order valence-corrected chi connectivity index (χ4v) is 4.79. The average Bonchev–Trinajstić information content (AvgIpc) is 3.41. The second kappa shape index (κ2) is 10.1. The predicted octanol–water partition coefficient (Wildman–Crippen LogP) is 3.77. The van der Waals surface area contributed by atoms with Crippen LogP contribution in [0.4, 0.5) is 16.2 Å². The lowest BCUT2D eigenvalue weighted by Gasteiger charge is -2.22. The zero-order valence-corrected chi connectivity index (χ0v) is 20.6. The number of carboxylic acid groups (broad SMARTS) is 1. The van der Waals surface area contributed by atoms with Crippen LogP contribution < -0.4 is 19.9 Å². The molecule has 7 nitrogen and oxygen atoms in total. The summed E-state index contributed by atoms with van der Waals surface area (Å²) >= 11 is 12.4. The number of rotatable bonds is 8. The monoisotopic (exact) mass is 505 g/mol. The van der Waals surface area contributed by atoms with Crippen molar-refractivity contribution in [2.75, 3.05) is 36.0 Å². The Kier molecular flexibility index (Phi) is 7.37. The molecular formula is C23H27N3O4S3. The van der Waals surface area contributed by atoms with Crippen molar-refractivity contribution in [2.45, 2.75) is 16.4 Å². The van der Waals surface area contributed by atoms with Crippen molar-refractivity contribution in [1.29, 1.82) is 0 Å². The van der Waals surface area contributed by atoms with Crippen LogP contribution in [0.1, 0.15) is 12.0 Å². The van der Waals surface area contributed by atoms with Crippen molar-refractivity contribution in [3.05, 3.63) is 54.1 Å². The topological polar surface area (TPSA) is 82.1 Å². The normalized spacial score (nSPS) is 19.7. The summed E-state index contributed by atoms with van der Waals surface area (Å²) in [7, 11) is 0. The fourth-order valence-electron chi connectivity index (χ4n) is 4.47. The number of aliphatic carboxylic acids is 1. The molecule has 2 N–H and O–H groups in total. The summed E-state index contributed by atoms with van der Waals surface area (Å²) in [5, 5.41) is 13.0. The van der Waals surface area contributed by atoms with Gasteiger partial charge in [-0.05, 0) is 61.7 Å². The molecule has 2 aromatic carbocycles. The maximum Gasteiger partial charge on any atom is 0.329 e. The first kappa shape index (κ1) is 24.1. The molecule has 2 saturated heterocycles. The molecule has 176 valence electrons. The molecule has 0 bridgehead atoms. The minimum Gasteiger partial charge on any atom is -0.481 e. The number of carbonyl (C=O) groups is 2. The van der Waals surface area contributed by atoms with Crippen molar-refractivity contribution >= 4 is 61.3 Å². The number of hydrogen-bond acceptors (Lipinski definition) is 7. The van der Waals surface area contributed by atoms with Crippen molar-refractivity contribution < 1.29 is 19.4 Å². The van der Waals surface area contributed by atoms with Gasteiger partial charge in [0.1, 0.15) is 5.75 Å². The van der Waals surface area contributed by atoms with Crippen LogP contribution in [0.5, 0.6) is 5.75 Å². The third kappa shape index (κ3) is 5.92. The van der Waals surface area contributed by atoms with Gasteiger partial charge in [-0.1, -0.05) is 18.2 Å². The number of benzene rings is 2. The standard InChI is InChI=1S/C23H27N3O4S3/c27-21(28)20(16-7-8-24-14-16)12-15-3-1-4-17(11-15)25-9-10-26(22(25)29)18-5-2-6-19(13-18)30-23(31,32)33/h1-6,11,13,16,20,24,31-33H,7-10,12,14H2,(H,27,28)/t16-,20-/m0/s1. The molecule has 2 atom stereocenters. The highest BCUT2D eigenvalue weighted by molar-refractivity contribution is 8.16. The minimum atomic E-state index is -1.23. The molecule has 0 spiro atoms. The molecule has 2 fully saturated rings. The fraction of sp³-hybridized carbons (Fsp3) is 0.391. The first-order chi connectivity index (χ1) is 15.7. The van der Waals surface area contributed by atoms with Crippen LogP contribution in [0.25, 0.3) is 0 Å². The molecule has 2 aromatic rings. The zero-order chi connectivity index (χ0) is 23.6. The van der Waals surface area contributed by atoms with Crippen molar-refractivity contribution in [2.24, 2.45) is 11.8 Å². The molecule has 4 rings (SSSR count). The second-order valence-corrected chi connectivity index (χ2v) is 11.3. The van der Waals surface area contributed by atoms with E-state index in [1.807, 2.05) is 30.3 Å². The number of thiol groups is 3. The first-order valence-corrected chi connectivity index (χ1v) is 12.1. The Morgan fingerprint density at radius 3 is 2.39 bits per heavy atom. The Morgan fingerprint density at radius 2 is 1.79 bits per heavy atom. The number of carbonyl (C=O) groups excluding carboxylic acids is 1. The summed E-state index contributed by atoms with van der Waals surface area (Å²) in [5.74, 6) is -0.592. The Morgan fingerprint density at radius 1 is 1.12 bits per heavy atom. The van der Waals surface area contributed by atoms with Gasteiger partial charge in [0.2, 0.25) is 3.60 Å². The quantitative estimate of drug-likeness (QED) is 0.279. The second-order valence-electron chi connectivity index (χ2n) is 8.33. The van der Waals surface area contributed by atoms with E-state index in [2.05, 4.69) is 43.2 Å². The van der Waals surface area contributed by atoms with Gasteiger partial charge in [-0.25, -0.2) is 4.79 Å². The lowest BCUT2D eigenvalue weighted by atomic mass is 9.86. The van der Waals surface area contributed by atoms with Crippen LogP contribution >= 0.6 is 37.9 Å². The SMILES string of the molecule is O=C(O)[C@@H](Cc1cccc(N2CCN(c3cccc(OC(S)(S)S)c3)C2=O)c1)[C@H]1CCNC1. The lowest BCUT2D eigenvalue weighted by Crippen LogP contribution is -2.32. The maximum absolute atomic E-state index is 13.2. The van der Waals surface area contributed by atoms with E-state index in [9.17, 15) is 14.7 Å². The number of amides is 2. The molecule has 0 radical (unpaired) electrons. The van der Waals surface area contributed by atoms with E-state index in [1.165, 1.54) is 0 Å². The summed E-state index contributed by atoms with van der Waals surface area (Å²) in [6, 6.07) is 14.6. The molecule has 2 aliphatic heterocycles. The van der Waals surface area contributed by atoms with Gasteiger partial charge in [-0.3, -0.25) is 14.6 Å². The molecular weight excluding hydrogens is 478 g/mol. The van der Waals surface area contributed by atoms with E-state index in [4.69, 9.17) is 4.74 Å². The van der Waals surface area contributed by atoms with E-state index < -0.39 is 15.5 Å². The minimum absolute atomic E-state index is 0.120. The number of carboxylic acids is 1. The smallest absolute Gasteiger partial charge is 0.329 e. The van der Waals surface area contributed by atoms with Crippen LogP contribution in [0.15, 0.2) is 48.5 Å². The van der Waals surface area contributed by atoms with E-state index in [1.54, 1.807) is 28.0 Å². The van der Waals surface area contributed by atoms with Crippen LogP contribution in [0, 0.1) is 11.8 Å². The Balaban J connectivity index is 1.49. The van der Waals surface area contributed by atoms with Crippen LogP contribution in [0.2, 0.25) is 0 Å². The van der Waals surface area contributed by atoms with Crippen molar-refractivity contribution in [3.63, 3.8) is 0 Å². The summed E-state index contributed by atoms with van der Waals surface area (Å²) < 4.78 is 4.32. The zero-order valence-electron chi connectivity index (χ0n) is 17.9. The van der Waals surface area contributed by atoms with Gasteiger partial charge in [0, 0.05) is 30.5 Å². The maximum atomic E-state index is 13.2. The summed E-state index contributed by atoms with van der Waals surface area (Å²) in [5.41, 5.74) is 2.39. The van der Waals surface area contributed by atoms with E-state index in [-0.39, 0.29) is 11.9 Å². The number of nitrogens with zero attached hydrogens (tertiary/aromatic N) is 2. The molecule has 2 heterocycles. The molecule has 2 amide bonds. The first-order valence-electron chi connectivity index (χ1n) is 10.8. The van der Waals surface area contributed by atoms with Crippen LogP contribution in [0.3, 0.4) is 0 Å². The third-order valence-corrected chi connectivity index (χ3v) is 6.33. The average molecular weight is 506 g/mol. The molecule has 2 aliphatic rings. The molecule has 0 saturated carbocycles. The number of anilines is 2. The predicted molar refractivity (Wildman–Crippen MR) is 139 cm³/mol. The number of nitrogens with one attached hydrogen (secondary N) is 1. The lowest BCUT2D eigenvalue weighted by molar-refractivity contribution is -0.143. The van der Waals surface area contributed by atoms with Crippen LogP contribution in [-0.4, -0.2) is 46.9 Å². The van der Waals surface area contributed by atoms with Gasteiger partial charge >= 0.3 is 12.0 Å². The van der Waals surface area contributed by atoms with E-state index >= 15 is 0 Å². The molecule has 10 heteroatoms.